The van der Waals surface area contributed by atoms with Gasteiger partial charge < -0.3 is 10.2 Å². The normalized spacial score (nSPS) is 20.0. The highest BCUT2D eigenvalue weighted by molar-refractivity contribution is 7.88. The molecule has 0 unspecified atom stereocenters. The van der Waals surface area contributed by atoms with E-state index in [9.17, 15) is 23.1 Å². The van der Waals surface area contributed by atoms with Gasteiger partial charge in [-0.25, -0.2) is 13.6 Å². The zero-order valence-electron chi connectivity index (χ0n) is 19.3. The molecule has 0 spiro atoms. The highest BCUT2D eigenvalue weighted by atomic mass is 32.2. The number of ketones is 1. The summed E-state index contributed by atoms with van der Waals surface area (Å²) in [4.78, 5) is 22.7. The second kappa shape index (κ2) is 14.4. The maximum Gasteiger partial charge on any atom is 0.303 e. The van der Waals surface area contributed by atoms with E-state index in [4.69, 9.17) is 5.11 Å². The van der Waals surface area contributed by atoms with E-state index in [0.717, 1.165) is 38.4 Å². The number of primary sulfonamides is 1. The van der Waals surface area contributed by atoms with Crippen molar-refractivity contribution in [3.63, 3.8) is 0 Å². The summed E-state index contributed by atoms with van der Waals surface area (Å²) in [6.45, 7) is 5.80. The highest BCUT2D eigenvalue weighted by Crippen LogP contribution is 2.35. The Bertz CT molecular complexity index is 753. The summed E-state index contributed by atoms with van der Waals surface area (Å²) in [5.74, 6) is 5.75. The zero-order valence-corrected chi connectivity index (χ0v) is 20.1. The Morgan fingerprint density at radius 3 is 2.42 bits per heavy atom. The minimum atomic E-state index is -3.17. The van der Waals surface area contributed by atoms with Crippen LogP contribution >= 0.6 is 0 Å². The molecule has 31 heavy (non-hydrogen) atoms. The molecule has 1 saturated carbocycles. The molecule has 0 aliphatic heterocycles. The first-order chi connectivity index (χ1) is 14.3. The number of hydrogen-bond acceptors (Lipinski definition) is 5. The van der Waals surface area contributed by atoms with Gasteiger partial charge in [-0.15, -0.1) is 11.8 Å². The average molecular weight is 458 g/mol. The van der Waals surface area contributed by atoms with Crippen LogP contribution in [0.4, 0.5) is 0 Å². The van der Waals surface area contributed by atoms with Crippen LogP contribution in [-0.4, -0.2) is 42.7 Å². The van der Waals surface area contributed by atoms with Crippen molar-refractivity contribution in [3.8, 4) is 11.8 Å². The Morgan fingerprint density at radius 2 is 1.87 bits per heavy atom. The van der Waals surface area contributed by atoms with Crippen LogP contribution < -0.4 is 5.14 Å². The predicted molar refractivity (Wildman–Crippen MR) is 123 cm³/mol. The third kappa shape index (κ3) is 14.9. The van der Waals surface area contributed by atoms with Gasteiger partial charge >= 0.3 is 5.97 Å². The number of nitrogens with two attached hydrogens (primary N) is 1. The molecule has 3 atom stereocenters. The standard InChI is InChI=1S/C22H34O4.CH5NO2S/c1-4-5-16-22(2,3)20(24)15-13-17-12-14-19(23)18(17)10-8-6-7-9-11-21(25)26;1-5(2,3)4/h13,15,17-18,20,24H,6-12,14,16H2,1-3H3,(H,25,26);1H3,(H2,2,3,4)/b15-13+;/t17-,18-,20-;/m1./s1. The van der Waals surface area contributed by atoms with Crippen molar-refractivity contribution in [2.75, 3.05) is 6.26 Å². The van der Waals surface area contributed by atoms with Gasteiger partial charge in [0.05, 0.1) is 12.4 Å². The summed E-state index contributed by atoms with van der Waals surface area (Å²) in [5, 5.41) is 23.4. The fourth-order valence-electron chi connectivity index (χ4n) is 3.46. The lowest BCUT2D eigenvalue weighted by molar-refractivity contribution is -0.137. The van der Waals surface area contributed by atoms with Crippen LogP contribution in [-0.2, 0) is 19.6 Å². The second-order valence-electron chi connectivity index (χ2n) is 8.87. The molecule has 1 rings (SSSR count). The molecule has 0 saturated heterocycles. The highest BCUT2D eigenvalue weighted by Gasteiger charge is 2.33. The van der Waals surface area contributed by atoms with Crippen LogP contribution in [0.25, 0.3) is 0 Å². The van der Waals surface area contributed by atoms with E-state index in [1.165, 1.54) is 0 Å². The summed E-state index contributed by atoms with van der Waals surface area (Å²) in [5.41, 5.74) is -0.304. The van der Waals surface area contributed by atoms with E-state index in [0.29, 0.717) is 25.0 Å². The molecule has 0 aromatic carbocycles. The Kier molecular flexibility index (Phi) is 13.6. The smallest absolute Gasteiger partial charge is 0.303 e. The molecule has 0 aromatic heterocycles. The van der Waals surface area contributed by atoms with Crippen LogP contribution in [0.1, 0.15) is 78.6 Å². The number of aliphatic hydroxyl groups is 1. The third-order valence-corrected chi connectivity index (χ3v) is 5.37. The van der Waals surface area contributed by atoms with Gasteiger partial charge in [-0.05, 0) is 32.1 Å². The minimum Gasteiger partial charge on any atom is -0.481 e. The lowest BCUT2D eigenvalue weighted by Crippen LogP contribution is -2.27. The number of Topliss-reactive ketones (excluding diaryl/α,β-unsaturated/α-hetero) is 1. The first kappa shape index (κ1) is 29.3. The van der Waals surface area contributed by atoms with Crippen molar-refractivity contribution < 1.29 is 28.2 Å². The first-order valence-corrected chi connectivity index (χ1v) is 12.7. The first-order valence-electron chi connectivity index (χ1n) is 10.8. The number of rotatable bonds is 11. The van der Waals surface area contributed by atoms with Crippen molar-refractivity contribution in [1.82, 2.24) is 0 Å². The molecule has 8 heteroatoms. The number of unbranched alkanes of at least 4 members (excludes halogenated alkanes) is 3. The van der Waals surface area contributed by atoms with E-state index in [2.05, 4.69) is 17.0 Å². The Hall–Kier alpha value is -1.69. The Balaban J connectivity index is 0.00000161. The monoisotopic (exact) mass is 457 g/mol. The molecule has 0 aromatic rings. The summed E-state index contributed by atoms with van der Waals surface area (Å²) < 4.78 is 18.8. The number of aliphatic hydroxyl groups excluding tert-OH is 1. The molecule has 0 amide bonds. The van der Waals surface area contributed by atoms with E-state index in [-0.39, 0.29) is 23.7 Å². The topological polar surface area (TPSA) is 135 Å². The lowest BCUT2D eigenvalue weighted by atomic mass is 9.82. The van der Waals surface area contributed by atoms with Crippen molar-refractivity contribution in [3.05, 3.63) is 12.2 Å². The number of carboxylic acid groups (broad SMARTS) is 1. The number of carboxylic acids is 1. The van der Waals surface area contributed by atoms with Gasteiger partial charge in [0.1, 0.15) is 5.78 Å². The number of carbonyl (C=O) groups excluding carboxylic acids is 1. The fraction of sp³-hybridized carbons (Fsp3) is 0.739. The van der Waals surface area contributed by atoms with E-state index < -0.39 is 22.1 Å². The SMILES string of the molecule is CC#CCC(C)(C)[C@H](O)/C=C/[C@H]1CCC(=O)[C@@H]1CCCCCCC(=O)O.CS(N)(=O)=O. The largest absolute Gasteiger partial charge is 0.481 e. The fourth-order valence-corrected chi connectivity index (χ4v) is 3.46. The van der Waals surface area contributed by atoms with Crippen LogP contribution in [0.5, 0.6) is 0 Å². The van der Waals surface area contributed by atoms with E-state index in [1.54, 1.807) is 6.92 Å². The van der Waals surface area contributed by atoms with Crippen molar-refractivity contribution >= 4 is 21.8 Å². The van der Waals surface area contributed by atoms with Gasteiger partial charge in [-0.3, -0.25) is 9.59 Å². The number of sulfonamides is 1. The van der Waals surface area contributed by atoms with Gasteiger partial charge in [0.15, 0.2) is 0 Å². The van der Waals surface area contributed by atoms with E-state index >= 15 is 0 Å². The molecule has 1 aliphatic carbocycles. The minimum absolute atomic E-state index is 0.0523. The summed E-state index contributed by atoms with van der Waals surface area (Å²) in [6, 6.07) is 0. The summed E-state index contributed by atoms with van der Waals surface area (Å²) >= 11 is 0. The van der Waals surface area contributed by atoms with Crippen LogP contribution in [0.2, 0.25) is 0 Å². The van der Waals surface area contributed by atoms with E-state index in [1.807, 2.05) is 26.0 Å². The average Bonchev–Trinajstić information content (AvgIpc) is 2.99. The third-order valence-electron chi connectivity index (χ3n) is 5.37. The zero-order chi connectivity index (χ0) is 24.1. The molecule has 178 valence electrons. The van der Waals surface area contributed by atoms with Gasteiger partial charge in [0.2, 0.25) is 10.0 Å². The van der Waals surface area contributed by atoms with Crippen molar-refractivity contribution in [2.24, 2.45) is 22.4 Å². The second-order valence-corrected chi connectivity index (χ2v) is 10.5. The number of aliphatic carboxylic acids is 1. The van der Waals surface area contributed by atoms with Crippen molar-refractivity contribution in [2.45, 2.75) is 84.7 Å². The van der Waals surface area contributed by atoms with Crippen LogP contribution in [0.3, 0.4) is 0 Å². The quantitative estimate of drug-likeness (QED) is 0.248. The molecule has 0 heterocycles. The van der Waals surface area contributed by atoms with Gasteiger partial charge in [-0.2, -0.15) is 0 Å². The molecule has 7 nitrogen and oxygen atoms in total. The van der Waals surface area contributed by atoms with Crippen molar-refractivity contribution in [1.29, 1.82) is 0 Å². The Labute approximate surface area is 187 Å². The van der Waals surface area contributed by atoms with Crippen LogP contribution in [0, 0.1) is 29.1 Å². The number of allylic oxidation sites excluding steroid dienone is 1. The molecular formula is C23H39NO6S. The molecule has 0 bridgehead atoms. The van der Waals surface area contributed by atoms with Gasteiger partial charge in [-0.1, -0.05) is 45.3 Å². The molecule has 4 N–H and O–H groups in total. The number of hydrogen-bond donors (Lipinski definition) is 3. The molecule has 1 aliphatic rings. The molecule has 0 radical (unpaired) electrons. The predicted octanol–water partition coefficient (Wildman–Crippen LogP) is 3.27. The maximum absolute atomic E-state index is 12.2. The Morgan fingerprint density at radius 1 is 1.29 bits per heavy atom. The lowest BCUT2D eigenvalue weighted by Gasteiger charge is -2.26. The van der Waals surface area contributed by atoms with Gasteiger partial charge in [0.25, 0.3) is 0 Å². The number of carbonyl (C=O) groups is 2. The summed E-state index contributed by atoms with van der Waals surface area (Å²) in [6.07, 6.45) is 11.0. The molecule has 1 fully saturated rings. The molecular weight excluding hydrogens is 418 g/mol. The summed E-state index contributed by atoms with van der Waals surface area (Å²) in [7, 11) is -3.17. The van der Waals surface area contributed by atoms with Gasteiger partial charge in [0, 0.05) is 30.6 Å². The maximum atomic E-state index is 12.2. The van der Waals surface area contributed by atoms with Crippen LogP contribution in [0.15, 0.2) is 12.2 Å².